The standard InChI is InChI=1S/C17H20FN3O3/c1-11(22)21-6-7-24-10-16(21)17(23)19-5-4-12-9-20-15-8-13(18)2-3-14(12)15/h2-3,8-9,16,20H,4-7,10H2,1H3,(H,19,23). The molecule has 1 aromatic carbocycles. The Labute approximate surface area is 139 Å². The Morgan fingerprint density at radius 1 is 1.46 bits per heavy atom. The largest absolute Gasteiger partial charge is 0.377 e. The zero-order chi connectivity index (χ0) is 17.1. The van der Waals surface area contributed by atoms with Crippen LogP contribution in [0.4, 0.5) is 4.39 Å². The SMILES string of the molecule is CC(=O)N1CCOCC1C(=O)NCCc1c[nH]c2cc(F)ccc12. The minimum atomic E-state index is -0.576. The maximum atomic E-state index is 13.2. The molecule has 2 aromatic rings. The third-order valence-corrected chi connectivity index (χ3v) is 4.26. The summed E-state index contributed by atoms with van der Waals surface area (Å²) in [5, 5.41) is 3.79. The van der Waals surface area contributed by atoms with E-state index in [0.717, 1.165) is 16.5 Å². The molecule has 2 N–H and O–H groups in total. The Kier molecular flexibility index (Phi) is 4.80. The van der Waals surface area contributed by atoms with Crippen LogP contribution in [0.25, 0.3) is 10.9 Å². The maximum absolute atomic E-state index is 13.2. The van der Waals surface area contributed by atoms with Gasteiger partial charge in [0.05, 0.1) is 13.2 Å². The van der Waals surface area contributed by atoms with Gasteiger partial charge in [0.15, 0.2) is 0 Å². The average molecular weight is 333 g/mol. The lowest BCUT2D eigenvalue weighted by atomic mass is 10.1. The van der Waals surface area contributed by atoms with E-state index in [9.17, 15) is 14.0 Å². The second-order valence-electron chi connectivity index (χ2n) is 5.85. The van der Waals surface area contributed by atoms with Gasteiger partial charge in [-0.25, -0.2) is 4.39 Å². The van der Waals surface area contributed by atoms with Gasteiger partial charge < -0.3 is 19.9 Å². The normalized spacial score (nSPS) is 17.9. The zero-order valence-corrected chi connectivity index (χ0v) is 13.5. The predicted molar refractivity (Wildman–Crippen MR) is 87.0 cm³/mol. The molecule has 1 aliphatic heterocycles. The zero-order valence-electron chi connectivity index (χ0n) is 13.5. The summed E-state index contributed by atoms with van der Waals surface area (Å²) in [5.41, 5.74) is 1.74. The van der Waals surface area contributed by atoms with Crippen molar-refractivity contribution in [2.75, 3.05) is 26.3 Å². The number of fused-ring (bicyclic) bond motifs is 1. The first-order valence-electron chi connectivity index (χ1n) is 7.94. The molecule has 1 aromatic heterocycles. The van der Waals surface area contributed by atoms with E-state index in [2.05, 4.69) is 10.3 Å². The fraction of sp³-hybridized carbons (Fsp3) is 0.412. The number of carbonyl (C=O) groups excluding carboxylic acids is 2. The summed E-state index contributed by atoms with van der Waals surface area (Å²) in [6.45, 7) is 3.00. The highest BCUT2D eigenvalue weighted by Crippen LogP contribution is 2.19. The molecule has 1 aliphatic rings. The number of amides is 2. The maximum Gasteiger partial charge on any atom is 0.245 e. The summed E-state index contributed by atoms with van der Waals surface area (Å²) in [6.07, 6.45) is 2.44. The van der Waals surface area contributed by atoms with Gasteiger partial charge in [-0.05, 0) is 30.2 Å². The van der Waals surface area contributed by atoms with E-state index in [-0.39, 0.29) is 24.2 Å². The van der Waals surface area contributed by atoms with Gasteiger partial charge in [-0.15, -0.1) is 0 Å². The Hall–Kier alpha value is -2.41. The number of aromatic nitrogens is 1. The lowest BCUT2D eigenvalue weighted by Gasteiger charge is -2.33. The van der Waals surface area contributed by atoms with Crippen LogP contribution >= 0.6 is 0 Å². The highest BCUT2D eigenvalue weighted by Gasteiger charge is 2.30. The molecule has 3 rings (SSSR count). The van der Waals surface area contributed by atoms with Crippen molar-refractivity contribution in [2.45, 2.75) is 19.4 Å². The monoisotopic (exact) mass is 333 g/mol. The van der Waals surface area contributed by atoms with Crippen molar-refractivity contribution in [1.82, 2.24) is 15.2 Å². The molecule has 0 radical (unpaired) electrons. The first-order chi connectivity index (χ1) is 11.6. The van der Waals surface area contributed by atoms with Crippen molar-refractivity contribution in [3.8, 4) is 0 Å². The highest BCUT2D eigenvalue weighted by molar-refractivity contribution is 5.87. The van der Waals surface area contributed by atoms with Crippen molar-refractivity contribution in [2.24, 2.45) is 0 Å². The van der Waals surface area contributed by atoms with E-state index in [1.807, 2.05) is 6.20 Å². The molecule has 128 valence electrons. The molecule has 1 fully saturated rings. The van der Waals surface area contributed by atoms with Crippen LogP contribution in [0.15, 0.2) is 24.4 Å². The lowest BCUT2D eigenvalue weighted by Crippen LogP contribution is -2.55. The second-order valence-corrected chi connectivity index (χ2v) is 5.85. The molecule has 0 spiro atoms. The molecule has 1 atom stereocenters. The summed E-state index contributed by atoms with van der Waals surface area (Å²) in [7, 11) is 0. The van der Waals surface area contributed by atoms with Gasteiger partial charge in [-0.3, -0.25) is 9.59 Å². The second kappa shape index (κ2) is 7.00. The summed E-state index contributed by atoms with van der Waals surface area (Å²) < 4.78 is 18.5. The fourth-order valence-electron chi connectivity index (χ4n) is 3.00. The van der Waals surface area contributed by atoms with Crippen molar-refractivity contribution < 1.29 is 18.7 Å². The number of nitrogens with one attached hydrogen (secondary N) is 2. The van der Waals surface area contributed by atoms with E-state index in [0.29, 0.717) is 26.1 Å². The number of halogens is 1. The van der Waals surface area contributed by atoms with Crippen LogP contribution < -0.4 is 5.32 Å². The van der Waals surface area contributed by atoms with Crippen LogP contribution in [0, 0.1) is 5.82 Å². The number of H-pyrrole nitrogens is 1. The van der Waals surface area contributed by atoms with Crippen LogP contribution in [0.5, 0.6) is 0 Å². The van der Waals surface area contributed by atoms with Gasteiger partial charge in [0.2, 0.25) is 11.8 Å². The highest BCUT2D eigenvalue weighted by atomic mass is 19.1. The minimum Gasteiger partial charge on any atom is -0.377 e. The van der Waals surface area contributed by atoms with Crippen molar-refractivity contribution in [3.05, 3.63) is 35.8 Å². The number of nitrogens with zero attached hydrogens (tertiary/aromatic N) is 1. The van der Waals surface area contributed by atoms with Crippen LogP contribution in [0.1, 0.15) is 12.5 Å². The Morgan fingerprint density at radius 3 is 3.08 bits per heavy atom. The number of hydrogen-bond acceptors (Lipinski definition) is 3. The molecule has 2 amide bonds. The number of ether oxygens (including phenoxy) is 1. The van der Waals surface area contributed by atoms with Gasteiger partial charge in [0.1, 0.15) is 11.9 Å². The third kappa shape index (κ3) is 3.41. The van der Waals surface area contributed by atoms with Crippen molar-refractivity contribution in [3.63, 3.8) is 0 Å². The Morgan fingerprint density at radius 2 is 2.29 bits per heavy atom. The first-order valence-corrected chi connectivity index (χ1v) is 7.94. The summed E-state index contributed by atoms with van der Waals surface area (Å²) in [5.74, 6) is -0.626. The first kappa shape index (κ1) is 16.4. The molecule has 0 saturated carbocycles. The molecular formula is C17H20FN3O3. The van der Waals surface area contributed by atoms with Crippen LogP contribution in [-0.2, 0) is 20.7 Å². The van der Waals surface area contributed by atoms with Gasteiger partial charge in [0, 0.05) is 37.1 Å². The number of hydrogen-bond donors (Lipinski definition) is 2. The fourth-order valence-corrected chi connectivity index (χ4v) is 3.00. The van der Waals surface area contributed by atoms with Gasteiger partial charge >= 0.3 is 0 Å². The number of morpholine rings is 1. The average Bonchev–Trinajstić information content (AvgIpc) is 2.96. The molecule has 2 heterocycles. The van der Waals surface area contributed by atoms with E-state index in [4.69, 9.17) is 4.74 Å². The molecule has 6 nitrogen and oxygen atoms in total. The van der Waals surface area contributed by atoms with Crippen molar-refractivity contribution >= 4 is 22.7 Å². The van der Waals surface area contributed by atoms with E-state index >= 15 is 0 Å². The van der Waals surface area contributed by atoms with Crippen LogP contribution in [-0.4, -0.2) is 54.0 Å². The van der Waals surface area contributed by atoms with Gasteiger partial charge in [-0.2, -0.15) is 0 Å². The minimum absolute atomic E-state index is 0.128. The molecule has 24 heavy (non-hydrogen) atoms. The molecule has 1 unspecified atom stereocenters. The Bertz CT molecular complexity index is 759. The Balaban J connectivity index is 1.59. The number of rotatable bonds is 4. The van der Waals surface area contributed by atoms with Gasteiger partial charge in [-0.1, -0.05) is 0 Å². The van der Waals surface area contributed by atoms with E-state index in [1.54, 1.807) is 6.07 Å². The number of aromatic amines is 1. The molecule has 0 bridgehead atoms. The van der Waals surface area contributed by atoms with Crippen molar-refractivity contribution in [1.29, 1.82) is 0 Å². The van der Waals surface area contributed by atoms with E-state index < -0.39 is 6.04 Å². The third-order valence-electron chi connectivity index (χ3n) is 4.26. The summed E-state index contributed by atoms with van der Waals surface area (Å²) >= 11 is 0. The van der Waals surface area contributed by atoms with Crippen LogP contribution in [0.2, 0.25) is 0 Å². The summed E-state index contributed by atoms with van der Waals surface area (Å²) in [6, 6.07) is 4.02. The molecule has 0 aliphatic carbocycles. The lowest BCUT2D eigenvalue weighted by molar-refractivity contribution is -0.146. The predicted octanol–water partition coefficient (Wildman–Crippen LogP) is 1.21. The molecule has 7 heteroatoms. The summed E-state index contributed by atoms with van der Waals surface area (Å²) in [4.78, 5) is 28.5. The van der Waals surface area contributed by atoms with Gasteiger partial charge in [0.25, 0.3) is 0 Å². The molecular weight excluding hydrogens is 313 g/mol. The topological polar surface area (TPSA) is 74.4 Å². The number of carbonyl (C=O) groups is 2. The molecule has 1 saturated heterocycles. The van der Waals surface area contributed by atoms with Crippen LogP contribution in [0.3, 0.4) is 0 Å². The number of benzene rings is 1. The van der Waals surface area contributed by atoms with E-state index in [1.165, 1.54) is 24.0 Å². The quantitative estimate of drug-likeness (QED) is 0.883. The smallest absolute Gasteiger partial charge is 0.245 e.